The lowest BCUT2D eigenvalue weighted by Crippen LogP contribution is -2.37. The predicted octanol–water partition coefficient (Wildman–Crippen LogP) is 0.499. The van der Waals surface area contributed by atoms with Crippen LogP contribution in [0, 0.1) is 5.92 Å². The van der Waals surface area contributed by atoms with Crippen LogP contribution < -0.4 is 0 Å². The standard InChI is InChI=1S/C10H14N2O2/c1-11(2)10(14)12-5-7-3-9(13)4-8(7)6-12/h3,8H,4-6H2,1-2H3. The Hall–Kier alpha value is -1.32. The first-order valence-corrected chi connectivity index (χ1v) is 4.77. The molecule has 1 fully saturated rings. The molecule has 14 heavy (non-hydrogen) atoms. The molecule has 76 valence electrons. The second-order valence-corrected chi connectivity index (χ2v) is 4.14. The summed E-state index contributed by atoms with van der Waals surface area (Å²) in [7, 11) is 3.49. The van der Waals surface area contributed by atoms with Crippen molar-refractivity contribution in [2.45, 2.75) is 6.42 Å². The average molecular weight is 194 g/mol. The molecule has 0 aromatic rings. The van der Waals surface area contributed by atoms with Gasteiger partial charge in [0.25, 0.3) is 0 Å². The first-order chi connectivity index (χ1) is 6.58. The lowest BCUT2D eigenvalue weighted by Gasteiger charge is -2.20. The third-order valence-electron chi connectivity index (χ3n) is 2.79. The Kier molecular flexibility index (Phi) is 2.06. The highest BCUT2D eigenvalue weighted by molar-refractivity contribution is 5.94. The summed E-state index contributed by atoms with van der Waals surface area (Å²) in [5, 5.41) is 0. The molecule has 4 nitrogen and oxygen atoms in total. The van der Waals surface area contributed by atoms with Crippen LogP contribution in [0.5, 0.6) is 0 Å². The molecule has 1 aliphatic heterocycles. The van der Waals surface area contributed by atoms with Gasteiger partial charge in [-0.25, -0.2) is 4.79 Å². The maximum absolute atomic E-state index is 11.6. The Morgan fingerprint density at radius 3 is 2.86 bits per heavy atom. The van der Waals surface area contributed by atoms with Gasteiger partial charge in [-0.2, -0.15) is 0 Å². The zero-order chi connectivity index (χ0) is 10.3. The van der Waals surface area contributed by atoms with Crippen LogP contribution in [0.4, 0.5) is 4.79 Å². The summed E-state index contributed by atoms with van der Waals surface area (Å²) < 4.78 is 0. The average Bonchev–Trinajstić information content (AvgIpc) is 2.59. The number of nitrogens with zero attached hydrogens (tertiary/aromatic N) is 2. The Morgan fingerprint density at radius 2 is 2.29 bits per heavy atom. The molecule has 0 bridgehead atoms. The predicted molar refractivity (Wildman–Crippen MR) is 51.9 cm³/mol. The first kappa shape index (κ1) is 9.24. The normalized spacial score (nSPS) is 25.0. The number of likely N-dealkylation sites (tertiary alicyclic amines) is 1. The van der Waals surface area contributed by atoms with Gasteiger partial charge in [0.1, 0.15) is 0 Å². The number of allylic oxidation sites excluding steroid dienone is 1. The van der Waals surface area contributed by atoms with E-state index in [9.17, 15) is 9.59 Å². The van der Waals surface area contributed by atoms with Crippen molar-refractivity contribution in [2.75, 3.05) is 27.2 Å². The van der Waals surface area contributed by atoms with E-state index in [0.717, 1.165) is 5.57 Å². The van der Waals surface area contributed by atoms with E-state index in [-0.39, 0.29) is 11.8 Å². The van der Waals surface area contributed by atoms with E-state index < -0.39 is 0 Å². The van der Waals surface area contributed by atoms with Crippen LogP contribution in [0.2, 0.25) is 0 Å². The number of amides is 2. The quantitative estimate of drug-likeness (QED) is 0.563. The molecule has 0 radical (unpaired) electrons. The van der Waals surface area contributed by atoms with Gasteiger partial charge in [-0.1, -0.05) is 0 Å². The smallest absolute Gasteiger partial charge is 0.319 e. The molecule has 2 rings (SSSR count). The Bertz CT molecular complexity index is 320. The number of carbonyl (C=O) groups excluding carboxylic acids is 2. The fourth-order valence-electron chi connectivity index (χ4n) is 2.09. The Labute approximate surface area is 83.2 Å². The van der Waals surface area contributed by atoms with Crippen molar-refractivity contribution >= 4 is 11.8 Å². The Morgan fingerprint density at radius 1 is 1.57 bits per heavy atom. The van der Waals surface area contributed by atoms with Gasteiger partial charge in [0, 0.05) is 39.5 Å². The number of fused-ring (bicyclic) bond motifs is 1. The van der Waals surface area contributed by atoms with E-state index in [1.807, 2.05) is 0 Å². The zero-order valence-corrected chi connectivity index (χ0v) is 8.49. The summed E-state index contributed by atoms with van der Waals surface area (Å²) in [5.41, 5.74) is 1.13. The van der Waals surface area contributed by atoms with E-state index in [1.165, 1.54) is 0 Å². The van der Waals surface area contributed by atoms with Crippen molar-refractivity contribution in [1.82, 2.24) is 9.80 Å². The fourth-order valence-corrected chi connectivity index (χ4v) is 2.09. The summed E-state index contributed by atoms with van der Waals surface area (Å²) in [6, 6.07) is 0.0350. The second kappa shape index (κ2) is 3.12. The third-order valence-corrected chi connectivity index (χ3v) is 2.79. The molecule has 1 aliphatic carbocycles. The maximum Gasteiger partial charge on any atom is 0.319 e. The molecule has 1 unspecified atom stereocenters. The molecule has 4 heteroatoms. The largest absolute Gasteiger partial charge is 0.331 e. The van der Waals surface area contributed by atoms with Crippen molar-refractivity contribution in [1.29, 1.82) is 0 Å². The summed E-state index contributed by atoms with van der Waals surface area (Å²) in [4.78, 5) is 26.0. The van der Waals surface area contributed by atoms with E-state index in [4.69, 9.17) is 0 Å². The van der Waals surface area contributed by atoms with Gasteiger partial charge in [0.15, 0.2) is 5.78 Å². The number of urea groups is 1. The summed E-state index contributed by atoms with van der Waals surface area (Å²) in [6.07, 6.45) is 2.29. The van der Waals surface area contributed by atoms with Crippen LogP contribution in [-0.4, -0.2) is 48.8 Å². The SMILES string of the molecule is CN(C)C(=O)N1CC2=CC(=O)CC2C1. The monoisotopic (exact) mass is 194 g/mol. The minimum Gasteiger partial charge on any atom is -0.331 e. The van der Waals surface area contributed by atoms with Gasteiger partial charge < -0.3 is 9.80 Å². The van der Waals surface area contributed by atoms with Crippen LogP contribution in [0.1, 0.15) is 6.42 Å². The summed E-state index contributed by atoms with van der Waals surface area (Å²) in [5.74, 6) is 0.508. The minimum atomic E-state index is 0.0350. The molecule has 0 aromatic carbocycles. The highest BCUT2D eigenvalue weighted by Crippen LogP contribution is 2.31. The number of hydrogen-bond acceptors (Lipinski definition) is 2. The molecule has 2 amide bonds. The third kappa shape index (κ3) is 1.41. The van der Waals surface area contributed by atoms with Gasteiger partial charge in [-0.3, -0.25) is 4.79 Å². The number of carbonyl (C=O) groups is 2. The van der Waals surface area contributed by atoms with E-state index in [0.29, 0.717) is 25.4 Å². The zero-order valence-electron chi connectivity index (χ0n) is 8.49. The van der Waals surface area contributed by atoms with Gasteiger partial charge in [0.05, 0.1) is 0 Å². The van der Waals surface area contributed by atoms with Crippen LogP contribution >= 0.6 is 0 Å². The molecule has 2 aliphatic rings. The number of ketones is 1. The van der Waals surface area contributed by atoms with E-state index in [1.54, 1.807) is 30.0 Å². The summed E-state index contributed by atoms with van der Waals surface area (Å²) >= 11 is 0. The van der Waals surface area contributed by atoms with Gasteiger partial charge in [0.2, 0.25) is 0 Å². The van der Waals surface area contributed by atoms with Crippen molar-refractivity contribution < 1.29 is 9.59 Å². The molecule has 1 saturated heterocycles. The topological polar surface area (TPSA) is 40.6 Å². The fraction of sp³-hybridized carbons (Fsp3) is 0.600. The molecule has 0 spiro atoms. The highest BCUT2D eigenvalue weighted by atomic mass is 16.2. The lowest BCUT2D eigenvalue weighted by molar-refractivity contribution is -0.114. The lowest BCUT2D eigenvalue weighted by atomic mass is 10.1. The van der Waals surface area contributed by atoms with Crippen LogP contribution in [0.15, 0.2) is 11.6 Å². The van der Waals surface area contributed by atoms with Crippen molar-refractivity contribution in [3.63, 3.8) is 0 Å². The van der Waals surface area contributed by atoms with E-state index >= 15 is 0 Å². The van der Waals surface area contributed by atoms with Crippen LogP contribution in [0.25, 0.3) is 0 Å². The number of hydrogen-bond donors (Lipinski definition) is 0. The highest BCUT2D eigenvalue weighted by Gasteiger charge is 2.35. The Balaban J connectivity index is 2.06. The van der Waals surface area contributed by atoms with Gasteiger partial charge in [-0.15, -0.1) is 0 Å². The molecule has 1 heterocycles. The van der Waals surface area contributed by atoms with Crippen molar-refractivity contribution in [3.05, 3.63) is 11.6 Å². The van der Waals surface area contributed by atoms with E-state index in [2.05, 4.69) is 0 Å². The summed E-state index contributed by atoms with van der Waals surface area (Å²) in [6.45, 7) is 1.34. The molecule has 1 atom stereocenters. The number of rotatable bonds is 0. The van der Waals surface area contributed by atoms with Crippen molar-refractivity contribution in [3.8, 4) is 0 Å². The van der Waals surface area contributed by atoms with Gasteiger partial charge in [-0.05, 0) is 11.6 Å². The van der Waals surface area contributed by atoms with Crippen LogP contribution in [0.3, 0.4) is 0 Å². The molecular weight excluding hydrogens is 180 g/mol. The first-order valence-electron chi connectivity index (χ1n) is 4.77. The maximum atomic E-state index is 11.6. The van der Waals surface area contributed by atoms with Gasteiger partial charge >= 0.3 is 6.03 Å². The molecule has 0 saturated carbocycles. The molecular formula is C10H14N2O2. The second-order valence-electron chi connectivity index (χ2n) is 4.14. The minimum absolute atomic E-state index is 0.0350. The van der Waals surface area contributed by atoms with Crippen LogP contribution in [-0.2, 0) is 4.79 Å². The molecule has 0 aromatic heterocycles. The van der Waals surface area contributed by atoms with Crippen molar-refractivity contribution in [2.24, 2.45) is 5.92 Å². The molecule has 0 N–H and O–H groups in total.